The molecule has 0 bridgehead atoms. The quantitative estimate of drug-likeness (QED) is 0.0626. The van der Waals surface area contributed by atoms with E-state index in [1.807, 2.05) is 51.6 Å². The monoisotopic (exact) mass is 1590 g/mol. The smallest absolute Gasteiger partial charge is 0.407 e. The Hall–Kier alpha value is -8.22. The number of anilines is 10. The number of nitrogens with two attached hydrogens (primary N) is 3. The highest BCUT2D eigenvalue weighted by Gasteiger charge is 2.50. The van der Waals surface area contributed by atoms with Crippen LogP contribution in [-0.2, 0) is 17.6 Å². The van der Waals surface area contributed by atoms with E-state index >= 15 is 0 Å². The van der Waals surface area contributed by atoms with Gasteiger partial charge in [-0.2, -0.15) is 24.9 Å². The molecule has 1 saturated heterocycles. The lowest BCUT2D eigenvalue weighted by molar-refractivity contribution is 0.0512. The second kappa shape index (κ2) is 34.6. The normalized spacial score (nSPS) is 21.2. The van der Waals surface area contributed by atoms with E-state index in [0.717, 1.165) is 158 Å². The molecule has 0 aromatic carbocycles. The van der Waals surface area contributed by atoms with Crippen molar-refractivity contribution in [3.8, 4) is 0 Å². The second-order valence-electron chi connectivity index (χ2n) is 32.8. The minimum Gasteiger partial charge on any atom is -0.444 e. The van der Waals surface area contributed by atoms with Crippen LogP contribution in [0.15, 0.2) is 69.3 Å². The topological polar surface area (TPSA) is 360 Å². The number of carbonyl (C=O) groups is 1. The third kappa shape index (κ3) is 18.5. The molecule has 7 aliphatic heterocycles. The fourth-order valence-electron chi connectivity index (χ4n) is 18.0. The Labute approximate surface area is 671 Å². The third-order valence-corrected chi connectivity index (χ3v) is 24.6. The Morgan fingerprint density at radius 2 is 0.982 bits per heavy atom. The molecule has 6 fully saturated rings. The predicted molar refractivity (Wildman–Crippen MR) is 445 cm³/mol. The number of ether oxygens (including phenoxy) is 1. The van der Waals surface area contributed by atoms with Gasteiger partial charge in [-0.1, -0.05) is 96.3 Å². The van der Waals surface area contributed by atoms with Crippen molar-refractivity contribution in [2.24, 2.45) is 25.7 Å². The standard InChI is InChI=1S/C24H32N8.C16H26ClN5O2.C14H17ClN4.C13H14ClN5.C11H18ClN5/c1-30-11-13-31(14-12-30)19-6-7-20(25-16-19)28-23-26-15-18-5-8-21-27-17-24(9-3-2-4-10-24)32(21)22(18)29-23;1-15(2,3)24-14(23)20-10-16(7-5-4-6-8-16)22-12-11(18)9-19-13(17)21-12;15-13-16-8-10-4-5-11-17-9-14(6-2-1-3-7-14)19(11)12(10)18-13;14-12-16-6-9-11(18-12)19-10(7-15-9)17-8-13(19)4-2-1-3-5-13;12-10-15-6-8(14)9(16-10)17-11(7-13)4-2-1-3-5-11/h6-7,15-16H,2-5,8-14,17H2,1H3,(H,25,26,28,29);9H,4-8,10,18H2,1-3H3,(H,20,23)(H,19,21,22);8H,1-7,9H2;6-7H,1-5,8H2;6H,1-5,7,13-14H2,(H,15,16,17). The number of fused-ring (bicyclic) bond motifs is 12. The Morgan fingerprint density at radius 3 is 1.51 bits per heavy atom. The van der Waals surface area contributed by atoms with Crippen LogP contribution in [0.4, 0.5) is 68.4 Å². The number of hydrogen-bond acceptors (Lipinski definition) is 28. The Kier molecular flexibility index (Phi) is 24.8. The van der Waals surface area contributed by atoms with Crippen LogP contribution in [-0.4, -0.2) is 189 Å². The average Bonchev–Trinajstić information content (AvgIpc) is 1.62. The number of alkyl carbamates (subject to hydrolysis) is 1. The molecule has 594 valence electrons. The molecular formula is C78H107Cl4N27O2. The highest BCUT2D eigenvalue weighted by Crippen LogP contribution is 2.48. The van der Waals surface area contributed by atoms with E-state index in [1.165, 1.54) is 150 Å². The number of piperazine rings is 1. The van der Waals surface area contributed by atoms with Crippen molar-refractivity contribution in [2.75, 3.05) is 113 Å². The minimum atomic E-state index is -0.526. The first-order valence-corrected chi connectivity index (χ1v) is 41.5. The lowest BCUT2D eigenvalue weighted by atomic mass is 9.80. The van der Waals surface area contributed by atoms with Gasteiger partial charge in [-0.3, -0.25) is 19.9 Å². The number of nitrogen functional groups attached to an aromatic ring is 2. The number of halogens is 4. The van der Waals surface area contributed by atoms with Crippen LogP contribution in [0.1, 0.15) is 205 Å². The number of aliphatic imine (C=N–C) groups is 4. The Balaban J connectivity index is 0.000000118. The van der Waals surface area contributed by atoms with Crippen molar-refractivity contribution in [1.29, 1.82) is 0 Å². The molecule has 0 atom stereocenters. The molecule has 12 aliphatic rings. The number of aromatic nitrogens is 11. The van der Waals surface area contributed by atoms with Gasteiger partial charge in [0, 0.05) is 75.6 Å². The van der Waals surface area contributed by atoms with Gasteiger partial charge in [0.15, 0.2) is 17.5 Å². The van der Waals surface area contributed by atoms with E-state index in [9.17, 15) is 4.79 Å². The van der Waals surface area contributed by atoms with Crippen molar-refractivity contribution in [1.82, 2.24) is 65.0 Å². The van der Waals surface area contributed by atoms with E-state index in [-0.39, 0.29) is 43.5 Å². The van der Waals surface area contributed by atoms with Crippen LogP contribution in [0, 0.1) is 0 Å². The molecule has 18 rings (SSSR count). The van der Waals surface area contributed by atoms with Gasteiger partial charge in [0.25, 0.3) is 0 Å². The van der Waals surface area contributed by atoms with Crippen molar-refractivity contribution in [2.45, 2.75) is 240 Å². The molecule has 1 amide bonds. The minimum absolute atomic E-state index is 0.0897. The number of carbonyl (C=O) groups excluding carboxylic acids is 1. The Bertz CT molecular complexity index is 4370. The third-order valence-electron chi connectivity index (χ3n) is 23.9. The molecule has 10 N–H and O–H groups in total. The summed E-state index contributed by atoms with van der Waals surface area (Å²) >= 11 is 23.6. The number of amides is 1. The highest BCUT2D eigenvalue weighted by atomic mass is 35.5. The summed E-state index contributed by atoms with van der Waals surface area (Å²) in [6, 6.07) is 4.17. The van der Waals surface area contributed by atoms with E-state index < -0.39 is 11.7 Å². The summed E-state index contributed by atoms with van der Waals surface area (Å²) in [5.74, 6) is 8.74. The number of amidine groups is 3. The summed E-state index contributed by atoms with van der Waals surface area (Å²) in [6.07, 6.45) is 45.6. The molecule has 111 heavy (non-hydrogen) atoms. The molecular weight excluding hydrogens is 1490 g/mol. The first kappa shape index (κ1) is 79.4. The zero-order chi connectivity index (χ0) is 77.4. The zero-order valence-corrected chi connectivity index (χ0v) is 67.6. The molecule has 33 heteroatoms. The molecule has 13 heterocycles. The summed E-state index contributed by atoms with van der Waals surface area (Å²) in [4.78, 5) is 89.9. The van der Waals surface area contributed by atoms with Crippen LogP contribution in [0.3, 0.4) is 0 Å². The lowest BCUT2D eigenvalue weighted by Crippen LogP contribution is -2.53. The maximum atomic E-state index is 12.0. The molecule has 0 radical (unpaired) electrons. The van der Waals surface area contributed by atoms with Crippen LogP contribution < -0.4 is 58.1 Å². The fraction of sp³-hybridized carbons (Fsp3) is 0.615. The second-order valence-corrected chi connectivity index (χ2v) is 34.2. The number of nitrogens with one attached hydrogen (secondary N) is 4. The van der Waals surface area contributed by atoms with Crippen LogP contribution in [0.5, 0.6) is 0 Å². The van der Waals surface area contributed by atoms with E-state index in [2.05, 4.69) is 119 Å². The summed E-state index contributed by atoms with van der Waals surface area (Å²) < 4.78 is 5.32. The number of nitrogens with zero attached hydrogens (tertiary/aromatic N) is 20. The highest BCUT2D eigenvalue weighted by molar-refractivity contribution is 6.39. The largest absolute Gasteiger partial charge is 0.444 e. The Morgan fingerprint density at radius 1 is 0.514 bits per heavy atom. The molecule has 5 saturated carbocycles. The summed E-state index contributed by atoms with van der Waals surface area (Å²) in [5.41, 5.74) is 22.5. The average molecular weight is 1600 g/mol. The van der Waals surface area contributed by atoms with E-state index in [1.54, 1.807) is 6.20 Å². The number of rotatable bonds is 10. The van der Waals surface area contributed by atoms with E-state index in [4.69, 9.17) is 83.3 Å². The molecule has 6 aromatic heterocycles. The first-order valence-electron chi connectivity index (χ1n) is 40.0. The van der Waals surface area contributed by atoms with Gasteiger partial charge in [0.1, 0.15) is 46.2 Å². The van der Waals surface area contributed by atoms with Gasteiger partial charge in [0.2, 0.25) is 27.1 Å². The van der Waals surface area contributed by atoms with Gasteiger partial charge in [0.05, 0.1) is 95.4 Å². The van der Waals surface area contributed by atoms with Crippen LogP contribution in [0.25, 0.3) is 0 Å². The number of aryl methyl sites for hydroxylation is 2. The molecule has 5 aliphatic carbocycles. The fourth-order valence-corrected chi connectivity index (χ4v) is 18.5. The van der Waals surface area contributed by atoms with Gasteiger partial charge in [-0.05, 0) is 163 Å². The van der Waals surface area contributed by atoms with Gasteiger partial charge >= 0.3 is 6.09 Å². The van der Waals surface area contributed by atoms with Gasteiger partial charge in [-0.15, -0.1) is 0 Å². The van der Waals surface area contributed by atoms with Crippen molar-refractivity contribution in [3.63, 3.8) is 0 Å². The molecule has 3 spiro atoms. The zero-order valence-electron chi connectivity index (χ0n) is 64.6. The number of hydrogen-bond donors (Lipinski definition) is 7. The molecule has 0 unspecified atom stereocenters. The number of likely N-dealkylation sites (N-methyl/N-ethyl adjacent to an activating group) is 1. The summed E-state index contributed by atoms with van der Waals surface area (Å²) in [7, 11) is 2.17. The van der Waals surface area contributed by atoms with Crippen molar-refractivity contribution < 1.29 is 9.53 Å². The van der Waals surface area contributed by atoms with Crippen molar-refractivity contribution >= 4 is 140 Å². The first-order chi connectivity index (χ1) is 53.6. The maximum absolute atomic E-state index is 12.0. The van der Waals surface area contributed by atoms with Crippen molar-refractivity contribution in [3.05, 3.63) is 81.6 Å². The van der Waals surface area contributed by atoms with Gasteiger partial charge < -0.3 is 62.8 Å². The predicted octanol–water partition coefficient (Wildman–Crippen LogP) is 14.1. The van der Waals surface area contributed by atoms with Crippen LogP contribution >= 0.6 is 46.4 Å². The van der Waals surface area contributed by atoms with Crippen LogP contribution in [0.2, 0.25) is 21.1 Å². The molecule has 29 nitrogen and oxygen atoms in total. The molecule has 6 aromatic rings. The SMILES string of the molecule is CC(C)(C)OC(=O)NCC1(Nc2nc(Cl)ncc2N)CCCCC1.CN1CCN(c2ccc(Nc3ncc4c(n3)N3C(=NCC35CCCCC5)CC4)nc2)CC1.Clc1ncc2c(n1)N1C(=NCC13CCCCC3)C=N2.Clc1ncc2c(n1)N1C(=NCC13CCCCC3)CC2.NCC1(Nc2nc(Cl)ncc2N)CCCCC1. The van der Waals surface area contributed by atoms with Gasteiger partial charge in [-0.25, -0.2) is 39.7 Å². The lowest BCUT2D eigenvalue weighted by Gasteiger charge is -2.44. The summed E-state index contributed by atoms with van der Waals surface area (Å²) in [6.45, 7) is 13.5. The summed E-state index contributed by atoms with van der Waals surface area (Å²) in [5, 5.41) is 13.9. The number of pyridine rings is 1. The maximum Gasteiger partial charge on any atom is 0.407 e. The van der Waals surface area contributed by atoms with E-state index in [0.29, 0.717) is 47.3 Å².